The monoisotopic (exact) mass is 247 g/mol. The lowest BCUT2D eigenvalue weighted by Gasteiger charge is -2.15. The van der Waals surface area contributed by atoms with Crippen molar-refractivity contribution in [1.82, 2.24) is 10.2 Å². The standard InChI is InChI=1S/C14H21N3O/c1-11-5-4-6-12(13(11)15)14(18)16-7-10-17-8-2-3-9-17/h4-6H,2-3,7-10,15H2,1H3,(H,16,18). The molecule has 18 heavy (non-hydrogen) atoms. The number of rotatable bonds is 4. The number of hydrogen-bond acceptors (Lipinski definition) is 3. The predicted molar refractivity (Wildman–Crippen MR) is 73.6 cm³/mol. The largest absolute Gasteiger partial charge is 0.398 e. The molecule has 0 aliphatic carbocycles. The van der Waals surface area contributed by atoms with Crippen molar-refractivity contribution in [2.75, 3.05) is 31.9 Å². The molecule has 2 rings (SSSR count). The van der Waals surface area contributed by atoms with E-state index in [0.29, 0.717) is 17.8 Å². The number of aryl methyl sites for hydroxylation is 1. The number of hydrogen-bond donors (Lipinski definition) is 2. The fourth-order valence-corrected chi connectivity index (χ4v) is 2.31. The van der Waals surface area contributed by atoms with E-state index in [9.17, 15) is 4.79 Å². The van der Waals surface area contributed by atoms with Gasteiger partial charge in [-0.25, -0.2) is 0 Å². The summed E-state index contributed by atoms with van der Waals surface area (Å²) in [6.45, 7) is 5.84. The first-order valence-electron chi connectivity index (χ1n) is 6.54. The highest BCUT2D eigenvalue weighted by Crippen LogP contribution is 2.16. The first kappa shape index (κ1) is 12.9. The van der Waals surface area contributed by atoms with Crippen LogP contribution in [0.3, 0.4) is 0 Å². The zero-order valence-electron chi connectivity index (χ0n) is 10.9. The highest BCUT2D eigenvalue weighted by Gasteiger charge is 2.13. The van der Waals surface area contributed by atoms with Gasteiger partial charge in [-0.15, -0.1) is 0 Å². The van der Waals surface area contributed by atoms with Gasteiger partial charge in [-0.1, -0.05) is 12.1 Å². The lowest BCUT2D eigenvalue weighted by molar-refractivity contribution is 0.0950. The molecule has 0 radical (unpaired) electrons. The van der Waals surface area contributed by atoms with Crippen LogP contribution < -0.4 is 11.1 Å². The van der Waals surface area contributed by atoms with Crippen LogP contribution in [0, 0.1) is 6.92 Å². The average molecular weight is 247 g/mol. The van der Waals surface area contributed by atoms with Crippen LogP contribution in [0.25, 0.3) is 0 Å². The molecular formula is C14H21N3O. The molecule has 1 aromatic rings. The maximum atomic E-state index is 12.0. The van der Waals surface area contributed by atoms with Crippen LogP contribution >= 0.6 is 0 Å². The Bertz CT molecular complexity index is 425. The van der Waals surface area contributed by atoms with Gasteiger partial charge in [-0.3, -0.25) is 4.79 Å². The summed E-state index contributed by atoms with van der Waals surface area (Å²) < 4.78 is 0. The van der Waals surface area contributed by atoms with Crippen molar-refractivity contribution in [2.24, 2.45) is 0 Å². The van der Waals surface area contributed by atoms with Crippen LogP contribution in [0.5, 0.6) is 0 Å². The summed E-state index contributed by atoms with van der Waals surface area (Å²) in [5.74, 6) is -0.0737. The number of likely N-dealkylation sites (tertiary alicyclic amines) is 1. The van der Waals surface area contributed by atoms with E-state index in [-0.39, 0.29) is 5.91 Å². The van der Waals surface area contributed by atoms with Crippen molar-refractivity contribution in [1.29, 1.82) is 0 Å². The Morgan fingerprint density at radius 3 is 2.83 bits per heavy atom. The third-order valence-corrected chi connectivity index (χ3v) is 3.48. The van der Waals surface area contributed by atoms with Crippen LogP contribution in [0.2, 0.25) is 0 Å². The van der Waals surface area contributed by atoms with Crippen LogP contribution in [-0.2, 0) is 0 Å². The number of nitrogen functional groups attached to an aromatic ring is 1. The molecule has 3 N–H and O–H groups in total. The summed E-state index contributed by atoms with van der Waals surface area (Å²) in [6.07, 6.45) is 2.55. The number of carbonyl (C=O) groups excluding carboxylic acids is 1. The van der Waals surface area contributed by atoms with E-state index in [1.807, 2.05) is 19.1 Å². The molecule has 4 nitrogen and oxygen atoms in total. The summed E-state index contributed by atoms with van der Waals surface area (Å²) >= 11 is 0. The Hall–Kier alpha value is -1.55. The smallest absolute Gasteiger partial charge is 0.253 e. The fourth-order valence-electron chi connectivity index (χ4n) is 2.31. The molecule has 0 unspecified atom stereocenters. The molecule has 1 aliphatic rings. The van der Waals surface area contributed by atoms with Gasteiger partial charge >= 0.3 is 0 Å². The average Bonchev–Trinajstić information content (AvgIpc) is 2.85. The lowest BCUT2D eigenvalue weighted by atomic mass is 10.1. The zero-order valence-corrected chi connectivity index (χ0v) is 10.9. The van der Waals surface area contributed by atoms with Crippen molar-refractivity contribution >= 4 is 11.6 Å². The van der Waals surface area contributed by atoms with Gasteiger partial charge in [0.15, 0.2) is 0 Å². The van der Waals surface area contributed by atoms with Gasteiger partial charge < -0.3 is 16.0 Å². The second-order valence-corrected chi connectivity index (χ2v) is 4.84. The molecule has 1 saturated heterocycles. The van der Waals surface area contributed by atoms with E-state index in [0.717, 1.165) is 25.2 Å². The minimum atomic E-state index is -0.0737. The van der Waals surface area contributed by atoms with Crippen molar-refractivity contribution in [3.05, 3.63) is 29.3 Å². The molecule has 1 amide bonds. The van der Waals surface area contributed by atoms with Gasteiger partial charge in [0, 0.05) is 18.8 Å². The molecule has 0 bridgehead atoms. The van der Waals surface area contributed by atoms with E-state index in [2.05, 4.69) is 10.2 Å². The SMILES string of the molecule is Cc1cccc(C(=O)NCCN2CCCC2)c1N. The lowest BCUT2D eigenvalue weighted by Crippen LogP contribution is -2.33. The number of para-hydroxylation sites is 1. The van der Waals surface area contributed by atoms with E-state index < -0.39 is 0 Å². The number of nitrogens with zero attached hydrogens (tertiary/aromatic N) is 1. The molecule has 1 aromatic carbocycles. The molecule has 1 fully saturated rings. The van der Waals surface area contributed by atoms with E-state index in [1.54, 1.807) is 6.07 Å². The number of nitrogens with one attached hydrogen (secondary N) is 1. The van der Waals surface area contributed by atoms with Gasteiger partial charge in [0.2, 0.25) is 0 Å². The summed E-state index contributed by atoms with van der Waals surface area (Å²) in [7, 11) is 0. The Balaban J connectivity index is 1.85. The first-order valence-corrected chi connectivity index (χ1v) is 6.54. The summed E-state index contributed by atoms with van der Waals surface area (Å²) in [5, 5.41) is 2.93. The molecule has 1 heterocycles. The van der Waals surface area contributed by atoms with E-state index in [4.69, 9.17) is 5.73 Å². The molecule has 0 saturated carbocycles. The quantitative estimate of drug-likeness (QED) is 0.791. The molecule has 0 spiro atoms. The van der Waals surface area contributed by atoms with Gasteiger partial charge in [-0.2, -0.15) is 0 Å². The van der Waals surface area contributed by atoms with Crippen molar-refractivity contribution in [3.63, 3.8) is 0 Å². The topological polar surface area (TPSA) is 58.4 Å². The van der Waals surface area contributed by atoms with Crippen molar-refractivity contribution in [3.8, 4) is 0 Å². The fraction of sp³-hybridized carbons (Fsp3) is 0.500. The third kappa shape index (κ3) is 3.01. The first-order chi connectivity index (χ1) is 8.68. The molecule has 98 valence electrons. The molecule has 4 heteroatoms. The van der Waals surface area contributed by atoms with Crippen LogP contribution in [0.1, 0.15) is 28.8 Å². The number of amides is 1. The van der Waals surface area contributed by atoms with Crippen LogP contribution in [-0.4, -0.2) is 37.0 Å². The maximum absolute atomic E-state index is 12.0. The summed E-state index contributed by atoms with van der Waals surface area (Å²) in [4.78, 5) is 14.4. The summed E-state index contributed by atoms with van der Waals surface area (Å²) in [5.41, 5.74) is 8.01. The molecular weight excluding hydrogens is 226 g/mol. The zero-order chi connectivity index (χ0) is 13.0. The number of benzene rings is 1. The van der Waals surface area contributed by atoms with Crippen LogP contribution in [0.15, 0.2) is 18.2 Å². The maximum Gasteiger partial charge on any atom is 0.253 e. The Morgan fingerprint density at radius 2 is 2.11 bits per heavy atom. The van der Waals surface area contributed by atoms with Gasteiger partial charge in [0.05, 0.1) is 5.56 Å². The second-order valence-electron chi connectivity index (χ2n) is 4.84. The third-order valence-electron chi connectivity index (χ3n) is 3.48. The highest BCUT2D eigenvalue weighted by molar-refractivity contribution is 5.99. The molecule has 0 atom stereocenters. The number of nitrogens with two attached hydrogens (primary N) is 1. The molecule has 1 aliphatic heterocycles. The Morgan fingerprint density at radius 1 is 1.39 bits per heavy atom. The van der Waals surface area contributed by atoms with Gasteiger partial charge in [0.25, 0.3) is 5.91 Å². The predicted octanol–water partition coefficient (Wildman–Crippen LogP) is 1.40. The normalized spacial score (nSPS) is 15.8. The minimum absolute atomic E-state index is 0.0737. The van der Waals surface area contributed by atoms with Gasteiger partial charge in [-0.05, 0) is 44.5 Å². The summed E-state index contributed by atoms with van der Waals surface area (Å²) in [6, 6.07) is 5.55. The van der Waals surface area contributed by atoms with Crippen molar-refractivity contribution in [2.45, 2.75) is 19.8 Å². The number of carbonyl (C=O) groups is 1. The number of anilines is 1. The van der Waals surface area contributed by atoms with E-state index >= 15 is 0 Å². The minimum Gasteiger partial charge on any atom is -0.398 e. The van der Waals surface area contributed by atoms with Crippen molar-refractivity contribution < 1.29 is 4.79 Å². The highest BCUT2D eigenvalue weighted by atomic mass is 16.1. The van der Waals surface area contributed by atoms with E-state index in [1.165, 1.54) is 12.8 Å². The Labute approximate surface area is 108 Å². The molecule has 0 aromatic heterocycles. The van der Waals surface area contributed by atoms with Crippen LogP contribution in [0.4, 0.5) is 5.69 Å². The van der Waals surface area contributed by atoms with Gasteiger partial charge in [0.1, 0.15) is 0 Å². The second kappa shape index (κ2) is 5.87. The Kier molecular flexibility index (Phi) is 4.20.